The number of pyridine rings is 1. The minimum atomic E-state index is -3.81. The molecule has 2 aromatic carbocycles. The molecule has 3 aromatic rings. The maximum atomic E-state index is 14.0. The molecule has 3 aliphatic heterocycles. The topological polar surface area (TPSA) is 92.3 Å². The number of sulfonamides is 1. The summed E-state index contributed by atoms with van der Waals surface area (Å²) in [6.45, 7) is 7.31. The average molecular weight is 549 g/mol. The molecule has 0 saturated carbocycles. The molecule has 2 atom stereocenters. The van der Waals surface area contributed by atoms with Gasteiger partial charge in [-0.15, -0.1) is 0 Å². The molecule has 0 aliphatic carbocycles. The number of piperazine rings is 1. The second kappa shape index (κ2) is 10.2. The number of amides is 1. The van der Waals surface area contributed by atoms with Crippen molar-refractivity contribution in [2.75, 3.05) is 51.0 Å². The second-order valence-electron chi connectivity index (χ2n) is 10.4. The number of aromatic nitrogens is 1. The first-order valence-electron chi connectivity index (χ1n) is 13.2. The molecule has 1 amide bonds. The Kier molecular flexibility index (Phi) is 6.68. The summed E-state index contributed by atoms with van der Waals surface area (Å²) in [5.41, 5.74) is 4.50. The summed E-state index contributed by atoms with van der Waals surface area (Å²) in [6.07, 6.45) is 2.90. The van der Waals surface area contributed by atoms with Crippen LogP contribution < -0.4 is 14.4 Å². The SMILES string of the molecule is Cc1ccc(C)c(N2CCN(C(=O)[C@@H]3CN(S(=O)(=O)c4cccnc4)C[C@H]3c3ccc4c(c3)OCO4)CC2)c1. The smallest absolute Gasteiger partial charge is 0.244 e. The lowest BCUT2D eigenvalue weighted by Gasteiger charge is -2.38. The fraction of sp³-hybridized carbons (Fsp3) is 0.379. The number of benzene rings is 2. The molecule has 0 radical (unpaired) electrons. The van der Waals surface area contributed by atoms with Gasteiger partial charge in [0, 0.05) is 63.3 Å². The van der Waals surface area contributed by atoms with E-state index in [-0.39, 0.29) is 36.6 Å². The van der Waals surface area contributed by atoms with Gasteiger partial charge in [-0.2, -0.15) is 4.31 Å². The molecule has 0 bridgehead atoms. The van der Waals surface area contributed by atoms with E-state index in [1.165, 1.54) is 27.3 Å². The number of hydrogen-bond acceptors (Lipinski definition) is 7. The van der Waals surface area contributed by atoms with Gasteiger partial charge in [0.2, 0.25) is 22.7 Å². The maximum Gasteiger partial charge on any atom is 0.244 e. The summed E-state index contributed by atoms with van der Waals surface area (Å²) in [5.74, 6) is 0.443. The number of ether oxygens (including phenoxy) is 2. The third-order valence-electron chi connectivity index (χ3n) is 8.00. The van der Waals surface area contributed by atoms with Crippen LogP contribution in [0.25, 0.3) is 0 Å². The van der Waals surface area contributed by atoms with E-state index < -0.39 is 15.9 Å². The van der Waals surface area contributed by atoms with Crippen molar-refractivity contribution in [1.82, 2.24) is 14.2 Å². The van der Waals surface area contributed by atoms with Gasteiger partial charge in [-0.05, 0) is 60.9 Å². The van der Waals surface area contributed by atoms with E-state index in [2.05, 4.69) is 41.9 Å². The number of carbonyl (C=O) groups excluding carboxylic acids is 1. The number of carbonyl (C=O) groups is 1. The van der Waals surface area contributed by atoms with Crippen molar-refractivity contribution >= 4 is 21.6 Å². The van der Waals surface area contributed by atoms with Crippen LogP contribution in [0.2, 0.25) is 0 Å². The van der Waals surface area contributed by atoms with Crippen molar-refractivity contribution < 1.29 is 22.7 Å². The van der Waals surface area contributed by atoms with Crippen LogP contribution in [0.3, 0.4) is 0 Å². The lowest BCUT2D eigenvalue weighted by atomic mass is 9.87. The van der Waals surface area contributed by atoms with Crippen LogP contribution in [-0.2, 0) is 14.8 Å². The van der Waals surface area contributed by atoms with E-state index in [4.69, 9.17) is 9.47 Å². The molecule has 10 heteroatoms. The highest BCUT2D eigenvalue weighted by Crippen LogP contribution is 2.41. The molecule has 4 heterocycles. The predicted molar refractivity (Wildman–Crippen MR) is 147 cm³/mol. The molecule has 3 aliphatic rings. The van der Waals surface area contributed by atoms with E-state index >= 15 is 0 Å². The van der Waals surface area contributed by atoms with E-state index in [1.54, 1.807) is 18.3 Å². The third-order valence-corrected chi connectivity index (χ3v) is 9.81. The van der Waals surface area contributed by atoms with Crippen LogP contribution in [0, 0.1) is 19.8 Å². The van der Waals surface area contributed by atoms with Gasteiger partial charge in [0.05, 0.1) is 5.92 Å². The Labute approximate surface area is 229 Å². The molecule has 6 rings (SSSR count). The van der Waals surface area contributed by atoms with Gasteiger partial charge < -0.3 is 19.3 Å². The van der Waals surface area contributed by atoms with Gasteiger partial charge in [-0.25, -0.2) is 8.42 Å². The van der Waals surface area contributed by atoms with Crippen LogP contribution in [-0.4, -0.2) is 74.6 Å². The molecule has 2 saturated heterocycles. The van der Waals surface area contributed by atoms with Crippen molar-refractivity contribution in [3.05, 3.63) is 77.6 Å². The summed E-state index contributed by atoms with van der Waals surface area (Å²) < 4.78 is 39.5. The minimum Gasteiger partial charge on any atom is -0.454 e. The zero-order valence-corrected chi connectivity index (χ0v) is 22.9. The van der Waals surface area contributed by atoms with Gasteiger partial charge in [0.15, 0.2) is 11.5 Å². The fourth-order valence-electron chi connectivity index (χ4n) is 5.81. The zero-order valence-electron chi connectivity index (χ0n) is 22.1. The van der Waals surface area contributed by atoms with Crippen LogP contribution in [0.1, 0.15) is 22.6 Å². The van der Waals surface area contributed by atoms with Gasteiger partial charge in [-0.1, -0.05) is 18.2 Å². The molecule has 9 nitrogen and oxygen atoms in total. The molecule has 39 heavy (non-hydrogen) atoms. The Balaban J connectivity index is 1.25. The summed E-state index contributed by atoms with van der Waals surface area (Å²) >= 11 is 0. The Morgan fingerprint density at radius 2 is 1.74 bits per heavy atom. The fourth-order valence-corrected chi connectivity index (χ4v) is 7.26. The summed E-state index contributed by atoms with van der Waals surface area (Å²) in [6, 6.07) is 15.2. The van der Waals surface area contributed by atoms with E-state index in [1.807, 2.05) is 23.1 Å². The van der Waals surface area contributed by atoms with E-state index in [0.717, 1.165) is 18.7 Å². The Bertz CT molecular complexity index is 1490. The van der Waals surface area contributed by atoms with Gasteiger partial charge in [0.25, 0.3) is 0 Å². The quantitative estimate of drug-likeness (QED) is 0.484. The summed E-state index contributed by atoms with van der Waals surface area (Å²) in [5, 5.41) is 0. The van der Waals surface area contributed by atoms with E-state index in [9.17, 15) is 13.2 Å². The lowest BCUT2D eigenvalue weighted by molar-refractivity contribution is -0.135. The Morgan fingerprint density at radius 1 is 0.949 bits per heavy atom. The van der Waals surface area contributed by atoms with Gasteiger partial charge >= 0.3 is 0 Å². The number of aryl methyl sites for hydroxylation is 2. The molecule has 0 spiro atoms. The summed E-state index contributed by atoms with van der Waals surface area (Å²) in [4.78, 5) is 22.4. The third kappa shape index (κ3) is 4.83. The summed E-state index contributed by atoms with van der Waals surface area (Å²) in [7, 11) is -3.81. The average Bonchev–Trinajstić information content (AvgIpc) is 3.62. The Hall–Kier alpha value is -3.63. The predicted octanol–water partition coefficient (Wildman–Crippen LogP) is 3.18. The maximum absolute atomic E-state index is 14.0. The zero-order chi connectivity index (χ0) is 27.1. The molecule has 1 aromatic heterocycles. The highest BCUT2D eigenvalue weighted by molar-refractivity contribution is 7.89. The standard InChI is InChI=1S/C29H32N4O5S/c1-20-5-6-21(2)26(14-20)31-10-12-32(13-11-31)29(34)25-18-33(39(35,36)23-4-3-9-30-16-23)17-24(25)22-7-8-27-28(15-22)38-19-37-27/h3-9,14-16,24-25H,10-13,17-19H2,1-2H3/t24-,25+/m0/s1. The minimum absolute atomic E-state index is 0.0119. The molecule has 0 N–H and O–H groups in total. The van der Waals surface area contributed by atoms with Gasteiger partial charge in [0.1, 0.15) is 4.90 Å². The van der Waals surface area contributed by atoms with Crippen LogP contribution in [0.4, 0.5) is 5.69 Å². The van der Waals surface area contributed by atoms with Crippen LogP contribution in [0.5, 0.6) is 11.5 Å². The van der Waals surface area contributed by atoms with Crippen molar-refractivity contribution in [3.8, 4) is 11.5 Å². The molecule has 0 unspecified atom stereocenters. The van der Waals surface area contributed by atoms with Crippen LogP contribution >= 0.6 is 0 Å². The Morgan fingerprint density at radius 3 is 2.51 bits per heavy atom. The first kappa shape index (κ1) is 25.6. The normalized spacial score (nSPS) is 21.4. The lowest BCUT2D eigenvalue weighted by Crippen LogP contribution is -2.51. The van der Waals surface area contributed by atoms with Crippen LogP contribution in [0.15, 0.2) is 65.8 Å². The number of rotatable bonds is 5. The van der Waals surface area contributed by atoms with Crippen molar-refractivity contribution in [2.24, 2.45) is 5.92 Å². The highest BCUT2D eigenvalue weighted by atomic mass is 32.2. The molecular formula is C29H32N4O5S. The molecule has 2 fully saturated rings. The van der Waals surface area contributed by atoms with Crippen molar-refractivity contribution in [3.63, 3.8) is 0 Å². The number of fused-ring (bicyclic) bond motifs is 1. The first-order valence-corrected chi connectivity index (χ1v) is 14.7. The number of anilines is 1. The van der Waals surface area contributed by atoms with Gasteiger partial charge in [-0.3, -0.25) is 9.78 Å². The second-order valence-corrected chi connectivity index (χ2v) is 12.4. The molecular weight excluding hydrogens is 516 g/mol. The molecule has 204 valence electrons. The van der Waals surface area contributed by atoms with Crippen molar-refractivity contribution in [1.29, 1.82) is 0 Å². The monoisotopic (exact) mass is 548 g/mol. The highest BCUT2D eigenvalue weighted by Gasteiger charge is 2.45. The van der Waals surface area contributed by atoms with Crippen molar-refractivity contribution in [2.45, 2.75) is 24.7 Å². The first-order chi connectivity index (χ1) is 18.8. The van der Waals surface area contributed by atoms with E-state index in [0.29, 0.717) is 24.6 Å². The number of hydrogen-bond donors (Lipinski definition) is 0. The largest absolute Gasteiger partial charge is 0.454 e. The number of nitrogens with zero attached hydrogens (tertiary/aromatic N) is 4.